The fourth-order valence-electron chi connectivity index (χ4n) is 3.03. The molecular weight excluding hydrogens is 340 g/mol. The van der Waals surface area contributed by atoms with Crippen molar-refractivity contribution in [1.82, 2.24) is 15.5 Å². The molecule has 1 aliphatic rings. The molecule has 3 rings (SSSR count). The molecule has 0 saturated heterocycles. The van der Waals surface area contributed by atoms with Gasteiger partial charge < -0.3 is 15.4 Å². The number of anilines is 2. The first-order chi connectivity index (χ1) is 13.2. The molecular formula is C21H26N4O2. The first-order valence-electron chi connectivity index (χ1n) is 9.54. The molecule has 1 heterocycles. The van der Waals surface area contributed by atoms with Crippen LogP contribution >= 0.6 is 0 Å². The van der Waals surface area contributed by atoms with Gasteiger partial charge in [-0.1, -0.05) is 11.6 Å². The van der Waals surface area contributed by atoms with Gasteiger partial charge in [-0.05, 0) is 75.4 Å². The van der Waals surface area contributed by atoms with Crippen molar-refractivity contribution in [2.75, 3.05) is 18.5 Å². The summed E-state index contributed by atoms with van der Waals surface area (Å²) >= 11 is 0. The van der Waals surface area contributed by atoms with E-state index in [0.717, 1.165) is 30.7 Å². The molecule has 1 amide bonds. The van der Waals surface area contributed by atoms with Crippen molar-refractivity contribution in [2.24, 2.45) is 0 Å². The predicted molar refractivity (Wildman–Crippen MR) is 106 cm³/mol. The zero-order chi connectivity index (χ0) is 18.9. The number of ether oxygens (including phenoxy) is 1. The molecule has 1 aliphatic carbocycles. The second-order valence-corrected chi connectivity index (χ2v) is 6.50. The van der Waals surface area contributed by atoms with E-state index in [1.165, 1.54) is 18.4 Å². The average molecular weight is 366 g/mol. The van der Waals surface area contributed by atoms with E-state index in [1.54, 1.807) is 12.1 Å². The van der Waals surface area contributed by atoms with Gasteiger partial charge in [0.1, 0.15) is 5.75 Å². The van der Waals surface area contributed by atoms with Crippen LogP contribution in [0.15, 0.2) is 48.0 Å². The lowest BCUT2D eigenvalue weighted by Crippen LogP contribution is -2.26. The normalized spacial score (nSPS) is 13.6. The molecule has 0 bridgehead atoms. The maximum Gasteiger partial charge on any atom is 0.271 e. The van der Waals surface area contributed by atoms with Crippen LogP contribution in [0.25, 0.3) is 0 Å². The summed E-state index contributed by atoms with van der Waals surface area (Å²) in [6, 6.07) is 11.0. The Balaban J connectivity index is 1.48. The number of hydrogen-bond acceptors (Lipinski definition) is 5. The number of allylic oxidation sites excluding steroid dienone is 1. The van der Waals surface area contributed by atoms with Gasteiger partial charge in [-0.2, -0.15) is 0 Å². The van der Waals surface area contributed by atoms with E-state index in [2.05, 4.69) is 26.9 Å². The van der Waals surface area contributed by atoms with E-state index in [-0.39, 0.29) is 5.91 Å². The van der Waals surface area contributed by atoms with Crippen molar-refractivity contribution < 1.29 is 9.53 Å². The summed E-state index contributed by atoms with van der Waals surface area (Å²) < 4.78 is 5.42. The van der Waals surface area contributed by atoms with Crippen LogP contribution in [0, 0.1) is 0 Å². The van der Waals surface area contributed by atoms with E-state index in [0.29, 0.717) is 24.7 Å². The van der Waals surface area contributed by atoms with Crippen LogP contribution in [-0.4, -0.2) is 29.3 Å². The van der Waals surface area contributed by atoms with Gasteiger partial charge in [0.05, 0.1) is 6.61 Å². The van der Waals surface area contributed by atoms with Crippen molar-refractivity contribution in [3.05, 3.63) is 53.7 Å². The minimum Gasteiger partial charge on any atom is -0.494 e. The number of nitrogens with zero attached hydrogens (tertiary/aromatic N) is 2. The first kappa shape index (κ1) is 18.9. The van der Waals surface area contributed by atoms with Crippen LogP contribution < -0.4 is 15.4 Å². The summed E-state index contributed by atoms with van der Waals surface area (Å²) in [4.78, 5) is 12.2. The Morgan fingerprint density at radius 2 is 1.96 bits per heavy atom. The fourth-order valence-corrected chi connectivity index (χ4v) is 3.03. The lowest BCUT2D eigenvalue weighted by Gasteiger charge is -2.12. The van der Waals surface area contributed by atoms with E-state index < -0.39 is 0 Å². The molecule has 27 heavy (non-hydrogen) atoms. The Labute approximate surface area is 160 Å². The summed E-state index contributed by atoms with van der Waals surface area (Å²) in [6.07, 6.45) is 8.07. The third-order valence-corrected chi connectivity index (χ3v) is 4.45. The zero-order valence-corrected chi connectivity index (χ0v) is 15.7. The van der Waals surface area contributed by atoms with Gasteiger partial charge in [0.25, 0.3) is 5.91 Å². The first-order valence-corrected chi connectivity index (χ1v) is 9.54. The number of hydrogen-bond donors (Lipinski definition) is 2. The standard InChI is InChI=1S/C21H26N4O2/c1-2-27-18-10-8-17(9-11-18)23-20-13-12-19(24-25-20)21(26)22-15-14-16-6-4-3-5-7-16/h6,8-13H,2-5,7,14-15H2,1H3,(H,22,26)(H,23,25). The van der Waals surface area contributed by atoms with E-state index in [9.17, 15) is 4.79 Å². The molecule has 0 unspecified atom stereocenters. The molecule has 0 spiro atoms. The third-order valence-electron chi connectivity index (χ3n) is 4.45. The minimum absolute atomic E-state index is 0.188. The average Bonchev–Trinajstić information content (AvgIpc) is 2.71. The number of carbonyl (C=O) groups is 1. The highest BCUT2D eigenvalue weighted by Gasteiger charge is 2.09. The maximum absolute atomic E-state index is 12.2. The highest BCUT2D eigenvalue weighted by Crippen LogP contribution is 2.20. The molecule has 2 aromatic rings. The van der Waals surface area contributed by atoms with E-state index in [4.69, 9.17) is 4.74 Å². The molecule has 2 N–H and O–H groups in total. The Bertz CT molecular complexity index is 770. The zero-order valence-electron chi connectivity index (χ0n) is 15.7. The lowest BCUT2D eigenvalue weighted by molar-refractivity contribution is 0.0948. The van der Waals surface area contributed by atoms with Gasteiger partial charge in [-0.25, -0.2) is 0 Å². The third kappa shape index (κ3) is 5.81. The molecule has 6 heteroatoms. The summed E-state index contributed by atoms with van der Waals surface area (Å²) in [5.41, 5.74) is 2.65. The van der Waals surface area contributed by atoms with Crippen LogP contribution in [0.1, 0.15) is 49.5 Å². The monoisotopic (exact) mass is 366 g/mol. The van der Waals surface area contributed by atoms with Crippen molar-refractivity contribution in [1.29, 1.82) is 0 Å². The highest BCUT2D eigenvalue weighted by atomic mass is 16.5. The molecule has 142 valence electrons. The number of amides is 1. The molecule has 6 nitrogen and oxygen atoms in total. The van der Waals surface area contributed by atoms with Gasteiger partial charge in [-0.15, -0.1) is 10.2 Å². The van der Waals surface area contributed by atoms with Crippen molar-refractivity contribution in [2.45, 2.75) is 39.0 Å². The highest BCUT2D eigenvalue weighted by molar-refractivity contribution is 5.92. The Morgan fingerprint density at radius 1 is 1.11 bits per heavy atom. The molecule has 0 fully saturated rings. The largest absolute Gasteiger partial charge is 0.494 e. The lowest BCUT2D eigenvalue weighted by atomic mass is 9.97. The van der Waals surface area contributed by atoms with Crippen LogP contribution in [0.3, 0.4) is 0 Å². The van der Waals surface area contributed by atoms with Crippen LogP contribution in [0.2, 0.25) is 0 Å². The van der Waals surface area contributed by atoms with Crippen LogP contribution in [0.4, 0.5) is 11.5 Å². The fraction of sp³-hybridized carbons (Fsp3) is 0.381. The van der Waals surface area contributed by atoms with Crippen LogP contribution in [0.5, 0.6) is 5.75 Å². The van der Waals surface area contributed by atoms with Gasteiger partial charge in [0, 0.05) is 12.2 Å². The van der Waals surface area contributed by atoms with Gasteiger partial charge >= 0.3 is 0 Å². The summed E-state index contributed by atoms with van der Waals surface area (Å²) in [5, 5.41) is 14.2. The van der Waals surface area contributed by atoms with Crippen molar-refractivity contribution in [3.63, 3.8) is 0 Å². The number of benzene rings is 1. The van der Waals surface area contributed by atoms with Gasteiger partial charge in [0.15, 0.2) is 11.5 Å². The number of nitrogens with one attached hydrogen (secondary N) is 2. The summed E-state index contributed by atoms with van der Waals surface area (Å²) in [7, 11) is 0. The Hall–Kier alpha value is -2.89. The molecule has 1 aromatic heterocycles. The quantitative estimate of drug-likeness (QED) is 0.684. The maximum atomic E-state index is 12.2. The SMILES string of the molecule is CCOc1ccc(Nc2ccc(C(=O)NCCC3=CCCCC3)nn2)cc1. The van der Waals surface area contributed by atoms with Crippen molar-refractivity contribution >= 4 is 17.4 Å². The molecule has 1 aromatic carbocycles. The molecule has 0 radical (unpaired) electrons. The van der Waals surface area contributed by atoms with E-state index >= 15 is 0 Å². The molecule has 0 saturated carbocycles. The summed E-state index contributed by atoms with van der Waals surface area (Å²) in [6.45, 7) is 3.23. The second-order valence-electron chi connectivity index (χ2n) is 6.50. The summed E-state index contributed by atoms with van der Waals surface area (Å²) in [5.74, 6) is 1.22. The Morgan fingerprint density at radius 3 is 2.63 bits per heavy atom. The van der Waals surface area contributed by atoms with Crippen LogP contribution in [-0.2, 0) is 0 Å². The second kappa shape index (κ2) is 9.71. The molecule has 0 aliphatic heterocycles. The van der Waals surface area contributed by atoms with E-state index in [1.807, 2.05) is 31.2 Å². The molecule has 0 atom stereocenters. The van der Waals surface area contributed by atoms with Gasteiger partial charge in [0.2, 0.25) is 0 Å². The number of carbonyl (C=O) groups excluding carboxylic acids is 1. The van der Waals surface area contributed by atoms with Crippen molar-refractivity contribution in [3.8, 4) is 5.75 Å². The topological polar surface area (TPSA) is 76.1 Å². The Kier molecular flexibility index (Phi) is 6.79. The minimum atomic E-state index is -0.188. The number of aromatic nitrogens is 2. The smallest absolute Gasteiger partial charge is 0.271 e. The van der Waals surface area contributed by atoms with Gasteiger partial charge in [-0.3, -0.25) is 4.79 Å². The predicted octanol–water partition coefficient (Wildman–Crippen LogP) is 4.24. The number of rotatable bonds is 8.